The van der Waals surface area contributed by atoms with Crippen molar-refractivity contribution in [2.45, 2.75) is 19.4 Å². The van der Waals surface area contributed by atoms with Crippen molar-refractivity contribution in [1.82, 2.24) is 5.32 Å². The van der Waals surface area contributed by atoms with E-state index in [2.05, 4.69) is 5.32 Å². The van der Waals surface area contributed by atoms with Gasteiger partial charge in [0.05, 0.1) is 24.4 Å². The molecule has 0 aliphatic carbocycles. The van der Waals surface area contributed by atoms with E-state index >= 15 is 0 Å². The van der Waals surface area contributed by atoms with E-state index in [1.165, 1.54) is 19.2 Å². The van der Waals surface area contributed by atoms with Gasteiger partial charge in [-0.05, 0) is 48.5 Å². The monoisotopic (exact) mass is 428 g/mol. The maximum absolute atomic E-state index is 13.4. The molecule has 2 aromatic carbocycles. The summed E-state index contributed by atoms with van der Waals surface area (Å²) in [5.74, 6) is 0.464. The van der Waals surface area contributed by atoms with Crippen LogP contribution in [0.3, 0.4) is 0 Å². The summed E-state index contributed by atoms with van der Waals surface area (Å²) < 4.78 is 29.8. The third-order valence-electron chi connectivity index (χ3n) is 5.07. The molecule has 0 fully saturated rings. The van der Waals surface area contributed by atoms with Gasteiger partial charge in [-0.25, -0.2) is 9.18 Å². The third kappa shape index (κ3) is 3.59. The number of fused-ring (bicyclic) bond motifs is 1. The second-order valence-corrected chi connectivity index (χ2v) is 7.19. The van der Waals surface area contributed by atoms with E-state index in [0.29, 0.717) is 53.1 Å². The number of anilines is 1. The van der Waals surface area contributed by atoms with E-state index < -0.39 is 12.0 Å². The fraction of sp³-hybridized carbons (Fsp3) is 0.273. The van der Waals surface area contributed by atoms with Crippen LogP contribution in [0.1, 0.15) is 24.9 Å². The van der Waals surface area contributed by atoms with E-state index in [9.17, 15) is 9.18 Å². The Morgan fingerprint density at radius 2 is 1.90 bits per heavy atom. The first kappa shape index (κ1) is 20.2. The Bertz CT molecular complexity index is 1020. The molecular weight excluding hydrogens is 407 g/mol. The average Bonchev–Trinajstić information content (AvgIpc) is 2.78. The van der Waals surface area contributed by atoms with Gasteiger partial charge < -0.3 is 19.5 Å². The largest absolute Gasteiger partial charge is 0.486 e. The number of esters is 1. The van der Waals surface area contributed by atoms with Crippen LogP contribution in [-0.4, -0.2) is 31.4 Å². The molecule has 1 N–H and O–H groups in total. The molecule has 0 spiro atoms. The number of ether oxygens (including phenoxy) is 3. The highest BCUT2D eigenvalue weighted by molar-refractivity contribution is 7.80. The molecule has 0 bridgehead atoms. The molecule has 0 aromatic heterocycles. The number of thiocarbonyl (C=S) groups is 1. The van der Waals surface area contributed by atoms with Crippen LogP contribution in [0.25, 0.3) is 0 Å². The summed E-state index contributed by atoms with van der Waals surface area (Å²) in [5, 5.41) is 3.64. The first-order valence-corrected chi connectivity index (χ1v) is 10.0. The molecule has 2 aromatic rings. The van der Waals surface area contributed by atoms with Crippen molar-refractivity contribution in [2.75, 3.05) is 25.2 Å². The van der Waals surface area contributed by atoms with Gasteiger partial charge in [0.25, 0.3) is 0 Å². The summed E-state index contributed by atoms with van der Waals surface area (Å²) in [5.41, 5.74) is 2.59. The van der Waals surface area contributed by atoms with Crippen molar-refractivity contribution in [3.05, 3.63) is 65.1 Å². The number of carbonyl (C=O) groups excluding carboxylic acids is 1. The number of hydrogen-bond donors (Lipinski definition) is 1. The molecule has 30 heavy (non-hydrogen) atoms. The Kier molecular flexibility index (Phi) is 5.59. The lowest BCUT2D eigenvalue weighted by molar-refractivity contribution is -0.136. The molecule has 2 aliphatic heterocycles. The molecule has 4 rings (SSSR count). The van der Waals surface area contributed by atoms with Crippen LogP contribution in [0, 0.1) is 5.82 Å². The Morgan fingerprint density at radius 1 is 1.20 bits per heavy atom. The topological polar surface area (TPSA) is 60.0 Å². The van der Waals surface area contributed by atoms with E-state index in [0.717, 1.165) is 5.69 Å². The van der Waals surface area contributed by atoms with E-state index in [4.69, 9.17) is 26.4 Å². The van der Waals surface area contributed by atoms with Gasteiger partial charge in [0.1, 0.15) is 19.0 Å². The van der Waals surface area contributed by atoms with Gasteiger partial charge in [-0.15, -0.1) is 0 Å². The molecule has 156 valence electrons. The molecule has 2 heterocycles. The van der Waals surface area contributed by atoms with Crippen molar-refractivity contribution >= 4 is 29.0 Å². The van der Waals surface area contributed by atoms with Crippen LogP contribution < -0.4 is 19.7 Å². The van der Waals surface area contributed by atoms with Gasteiger partial charge >= 0.3 is 5.97 Å². The number of nitrogens with zero attached hydrogens (tertiary/aromatic N) is 1. The number of allylic oxidation sites excluding steroid dienone is 1. The van der Waals surface area contributed by atoms with E-state index in [1.807, 2.05) is 25.1 Å². The second-order valence-electron chi connectivity index (χ2n) is 6.80. The fourth-order valence-electron chi connectivity index (χ4n) is 3.71. The van der Waals surface area contributed by atoms with Crippen molar-refractivity contribution in [3.8, 4) is 11.5 Å². The molecule has 0 saturated carbocycles. The predicted octanol–water partition coefficient (Wildman–Crippen LogP) is 3.87. The lowest BCUT2D eigenvalue weighted by Gasteiger charge is -2.38. The summed E-state index contributed by atoms with van der Waals surface area (Å²) in [4.78, 5) is 14.6. The Labute approximate surface area is 179 Å². The minimum Gasteiger partial charge on any atom is -0.486 e. The first-order valence-electron chi connectivity index (χ1n) is 9.60. The van der Waals surface area contributed by atoms with Crippen LogP contribution in [0.15, 0.2) is 53.7 Å². The molecule has 6 nitrogen and oxygen atoms in total. The maximum atomic E-state index is 13.4. The third-order valence-corrected chi connectivity index (χ3v) is 5.37. The number of halogens is 1. The summed E-state index contributed by atoms with van der Waals surface area (Å²) >= 11 is 5.67. The summed E-state index contributed by atoms with van der Waals surface area (Å²) in [6.07, 6.45) is 0.526. The van der Waals surface area contributed by atoms with Crippen LogP contribution in [0.5, 0.6) is 11.5 Å². The predicted molar refractivity (Wildman–Crippen MR) is 114 cm³/mol. The number of methoxy groups -OCH3 is 1. The Hall–Kier alpha value is -3.13. The van der Waals surface area contributed by atoms with Gasteiger partial charge in [-0.3, -0.25) is 4.90 Å². The normalized spacial score (nSPS) is 18.2. The van der Waals surface area contributed by atoms with Gasteiger partial charge in [-0.1, -0.05) is 19.1 Å². The minimum absolute atomic E-state index is 0.352. The molecule has 0 radical (unpaired) electrons. The minimum atomic E-state index is -0.547. The highest BCUT2D eigenvalue weighted by Crippen LogP contribution is 2.39. The number of nitrogens with one attached hydrogen (secondary N) is 1. The van der Waals surface area contributed by atoms with Gasteiger partial charge in [0, 0.05) is 11.8 Å². The zero-order valence-electron chi connectivity index (χ0n) is 16.6. The number of rotatable bonds is 4. The molecule has 8 heteroatoms. The van der Waals surface area contributed by atoms with E-state index in [-0.39, 0.29) is 5.82 Å². The van der Waals surface area contributed by atoms with Crippen LogP contribution >= 0.6 is 12.2 Å². The van der Waals surface area contributed by atoms with Gasteiger partial charge in [0.2, 0.25) is 0 Å². The number of hydrogen-bond acceptors (Lipinski definition) is 5. The number of benzene rings is 2. The van der Waals surface area contributed by atoms with Crippen molar-refractivity contribution in [2.24, 2.45) is 0 Å². The molecule has 0 saturated heterocycles. The van der Waals surface area contributed by atoms with Crippen LogP contribution in [0.4, 0.5) is 10.1 Å². The smallest absolute Gasteiger partial charge is 0.337 e. The molecule has 0 amide bonds. The highest BCUT2D eigenvalue weighted by Gasteiger charge is 2.36. The number of carbonyl (C=O) groups is 1. The molecule has 2 aliphatic rings. The van der Waals surface area contributed by atoms with Gasteiger partial charge in [-0.2, -0.15) is 0 Å². The molecule has 1 atom stereocenters. The second kappa shape index (κ2) is 8.31. The highest BCUT2D eigenvalue weighted by atomic mass is 32.1. The molecular formula is C22H21FN2O4S. The SMILES string of the molecule is CCC1=C(C(=O)OC)C(c2ccc(F)cc2)NC(=S)N1c1ccc2c(c1)OCCO2. The standard InChI is InChI=1S/C22H21FN2O4S/c1-3-16-19(21(26)27-2)20(13-4-6-14(23)7-5-13)24-22(30)25(16)15-8-9-17-18(12-15)29-11-10-28-17/h4-9,12,20H,3,10-11H2,1-2H3,(H,24,30). The quantitative estimate of drug-likeness (QED) is 0.586. The van der Waals surface area contributed by atoms with Crippen LogP contribution in [-0.2, 0) is 9.53 Å². The summed E-state index contributed by atoms with van der Waals surface area (Å²) in [6.45, 7) is 2.91. The average molecular weight is 428 g/mol. The lowest BCUT2D eigenvalue weighted by Crippen LogP contribution is -2.48. The van der Waals surface area contributed by atoms with E-state index in [1.54, 1.807) is 17.0 Å². The first-order chi connectivity index (χ1) is 14.5. The Morgan fingerprint density at radius 3 is 2.57 bits per heavy atom. The Balaban J connectivity index is 1.83. The zero-order valence-corrected chi connectivity index (χ0v) is 17.4. The summed E-state index contributed by atoms with van der Waals surface area (Å²) in [6, 6.07) is 11.0. The van der Waals surface area contributed by atoms with Crippen molar-refractivity contribution < 1.29 is 23.4 Å². The van der Waals surface area contributed by atoms with Gasteiger partial charge in [0.15, 0.2) is 16.6 Å². The van der Waals surface area contributed by atoms with Crippen molar-refractivity contribution in [3.63, 3.8) is 0 Å². The fourth-order valence-corrected chi connectivity index (χ4v) is 4.05. The molecule has 1 unspecified atom stereocenters. The van der Waals surface area contributed by atoms with Crippen molar-refractivity contribution in [1.29, 1.82) is 0 Å². The summed E-state index contributed by atoms with van der Waals surface area (Å²) in [7, 11) is 1.34. The maximum Gasteiger partial charge on any atom is 0.337 e. The zero-order chi connectivity index (χ0) is 21.3. The lowest BCUT2D eigenvalue weighted by atomic mass is 9.93. The van der Waals surface area contributed by atoms with Crippen LogP contribution in [0.2, 0.25) is 0 Å².